The zero-order valence-electron chi connectivity index (χ0n) is 13.8. The number of carbonyl (C=O) groups is 2. The molecule has 0 spiro atoms. The van der Waals surface area contributed by atoms with Gasteiger partial charge in [-0.25, -0.2) is 4.39 Å². The van der Waals surface area contributed by atoms with Gasteiger partial charge in [-0.1, -0.05) is 29.8 Å². The molecule has 1 atom stereocenters. The fourth-order valence-corrected chi connectivity index (χ4v) is 2.45. The zero-order chi connectivity index (χ0) is 18.4. The fraction of sp³-hybridized carbons (Fsp3) is 0.222. The van der Waals surface area contributed by atoms with Crippen molar-refractivity contribution >= 4 is 23.4 Å². The van der Waals surface area contributed by atoms with Crippen LogP contribution < -0.4 is 15.4 Å². The molecule has 7 heteroatoms. The Labute approximate surface area is 150 Å². The van der Waals surface area contributed by atoms with E-state index in [0.29, 0.717) is 16.1 Å². The topological polar surface area (TPSA) is 67.4 Å². The lowest BCUT2D eigenvalue weighted by molar-refractivity contribution is -0.120. The van der Waals surface area contributed by atoms with Crippen molar-refractivity contribution in [1.82, 2.24) is 10.6 Å². The number of nitrogens with one attached hydrogen (secondary N) is 2. The minimum absolute atomic E-state index is 0.134. The molecule has 0 aromatic heterocycles. The van der Waals surface area contributed by atoms with E-state index in [-0.39, 0.29) is 12.3 Å². The Morgan fingerprint density at radius 1 is 1.24 bits per heavy atom. The van der Waals surface area contributed by atoms with Gasteiger partial charge in [0.2, 0.25) is 5.91 Å². The van der Waals surface area contributed by atoms with Crippen LogP contribution in [0.1, 0.15) is 28.9 Å². The summed E-state index contributed by atoms with van der Waals surface area (Å²) >= 11 is 5.93. The van der Waals surface area contributed by atoms with Crippen molar-refractivity contribution in [3.8, 4) is 5.75 Å². The second-order valence-corrected chi connectivity index (χ2v) is 5.75. The molecule has 0 aliphatic carbocycles. The second-order valence-electron chi connectivity index (χ2n) is 5.35. The monoisotopic (exact) mass is 364 g/mol. The molecular formula is C18H18ClFN2O3. The largest absolute Gasteiger partial charge is 0.494 e. The Kier molecular flexibility index (Phi) is 6.36. The molecule has 2 rings (SSSR count). The molecule has 0 saturated carbocycles. The van der Waals surface area contributed by atoms with Gasteiger partial charge in [-0.2, -0.15) is 0 Å². The summed E-state index contributed by atoms with van der Waals surface area (Å²) in [6.07, 6.45) is 0. The molecule has 0 aliphatic rings. The highest BCUT2D eigenvalue weighted by molar-refractivity contribution is 6.33. The molecule has 2 amide bonds. The van der Waals surface area contributed by atoms with Crippen molar-refractivity contribution in [2.45, 2.75) is 13.0 Å². The Morgan fingerprint density at radius 2 is 1.96 bits per heavy atom. The molecular weight excluding hydrogens is 347 g/mol. The van der Waals surface area contributed by atoms with Crippen molar-refractivity contribution in [2.75, 3.05) is 13.7 Å². The third-order valence-electron chi connectivity index (χ3n) is 3.58. The van der Waals surface area contributed by atoms with E-state index in [2.05, 4.69) is 10.6 Å². The molecule has 5 nitrogen and oxygen atoms in total. The molecule has 0 radical (unpaired) electrons. The van der Waals surface area contributed by atoms with E-state index in [4.69, 9.17) is 16.3 Å². The fourth-order valence-electron chi connectivity index (χ4n) is 2.23. The number of carbonyl (C=O) groups excluding carboxylic acids is 2. The summed E-state index contributed by atoms with van der Waals surface area (Å²) < 4.78 is 18.6. The maximum absolute atomic E-state index is 13.7. The molecule has 0 aliphatic heterocycles. The Balaban J connectivity index is 1.90. The summed E-state index contributed by atoms with van der Waals surface area (Å²) in [5.41, 5.74) is 0.881. The number of ether oxygens (including phenoxy) is 1. The molecule has 132 valence electrons. The Hall–Kier alpha value is -2.60. The first kappa shape index (κ1) is 18.7. The van der Waals surface area contributed by atoms with Gasteiger partial charge in [0.05, 0.1) is 30.3 Å². The van der Waals surface area contributed by atoms with Crippen molar-refractivity contribution in [3.63, 3.8) is 0 Å². The molecule has 0 fully saturated rings. The van der Waals surface area contributed by atoms with Crippen LogP contribution in [0.2, 0.25) is 5.02 Å². The smallest absolute Gasteiger partial charge is 0.253 e. The van der Waals surface area contributed by atoms with Gasteiger partial charge in [0.15, 0.2) is 11.6 Å². The number of halogens is 2. The predicted octanol–water partition coefficient (Wildman–Crippen LogP) is 3.09. The molecule has 2 aromatic carbocycles. The number of benzene rings is 2. The van der Waals surface area contributed by atoms with Crippen LogP contribution in [0.5, 0.6) is 5.75 Å². The SMILES string of the molecule is COc1ccc([C@H](C)NC(=O)CNC(=O)c2ccccc2Cl)cc1F. The summed E-state index contributed by atoms with van der Waals surface area (Å²) in [5, 5.41) is 5.49. The Bertz CT molecular complexity index is 783. The highest BCUT2D eigenvalue weighted by Gasteiger charge is 2.14. The summed E-state index contributed by atoms with van der Waals surface area (Å²) in [6, 6.07) is 10.6. The van der Waals surface area contributed by atoms with Crippen LogP contribution in [-0.4, -0.2) is 25.5 Å². The number of hydrogen-bond donors (Lipinski definition) is 2. The lowest BCUT2D eigenvalue weighted by Gasteiger charge is -2.15. The van der Waals surface area contributed by atoms with Gasteiger partial charge in [0, 0.05) is 0 Å². The minimum Gasteiger partial charge on any atom is -0.494 e. The molecule has 25 heavy (non-hydrogen) atoms. The first-order valence-corrected chi connectivity index (χ1v) is 7.95. The third kappa shape index (κ3) is 4.93. The number of hydrogen-bond acceptors (Lipinski definition) is 3. The summed E-state index contributed by atoms with van der Waals surface area (Å²) in [5.74, 6) is -1.21. The molecule has 2 N–H and O–H groups in total. The average molecular weight is 365 g/mol. The molecule has 0 saturated heterocycles. The van der Waals surface area contributed by atoms with Crippen molar-refractivity contribution in [1.29, 1.82) is 0 Å². The average Bonchev–Trinajstić information content (AvgIpc) is 2.60. The van der Waals surface area contributed by atoms with Crippen LogP contribution in [0.25, 0.3) is 0 Å². The van der Waals surface area contributed by atoms with Gasteiger partial charge in [-0.3, -0.25) is 9.59 Å². The van der Waals surface area contributed by atoms with E-state index < -0.39 is 23.7 Å². The van der Waals surface area contributed by atoms with Crippen LogP contribution in [0.4, 0.5) is 4.39 Å². The minimum atomic E-state index is -0.506. The maximum Gasteiger partial charge on any atom is 0.253 e. The summed E-state index contributed by atoms with van der Waals surface area (Å²) in [7, 11) is 1.38. The van der Waals surface area contributed by atoms with Crippen LogP contribution in [0, 0.1) is 5.82 Å². The van der Waals surface area contributed by atoms with Gasteiger partial charge in [-0.05, 0) is 36.8 Å². The van der Waals surface area contributed by atoms with E-state index in [0.717, 1.165) is 0 Å². The van der Waals surface area contributed by atoms with Crippen LogP contribution in [0.15, 0.2) is 42.5 Å². The first-order valence-electron chi connectivity index (χ1n) is 7.58. The van der Waals surface area contributed by atoms with Crippen molar-refractivity contribution < 1.29 is 18.7 Å². The van der Waals surface area contributed by atoms with E-state index >= 15 is 0 Å². The number of rotatable bonds is 6. The van der Waals surface area contributed by atoms with Gasteiger partial charge < -0.3 is 15.4 Å². The molecule has 2 aromatic rings. The van der Waals surface area contributed by atoms with Crippen LogP contribution in [0.3, 0.4) is 0 Å². The highest BCUT2D eigenvalue weighted by Crippen LogP contribution is 2.21. The Morgan fingerprint density at radius 3 is 2.60 bits per heavy atom. The molecule has 0 unspecified atom stereocenters. The van der Waals surface area contributed by atoms with E-state index in [1.807, 2.05) is 0 Å². The summed E-state index contributed by atoms with van der Waals surface area (Å²) in [6.45, 7) is 1.50. The third-order valence-corrected chi connectivity index (χ3v) is 3.91. The van der Waals surface area contributed by atoms with Crippen molar-refractivity contribution in [3.05, 3.63) is 64.4 Å². The van der Waals surface area contributed by atoms with Gasteiger partial charge in [0.1, 0.15) is 0 Å². The van der Waals surface area contributed by atoms with Gasteiger partial charge in [0.25, 0.3) is 5.91 Å². The number of methoxy groups -OCH3 is 1. The van der Waals surface area contributed by atoms with Gasteiger partial charge >= 0.3 is 0 Å². The van der Waals surface area contributed by atoms with Crippen LogP contribution in [-0.2, 0) is 4.79 Å². The predicted molar refractivity (Wildman–Crippen MR) is 93.3 cm³/mol. The lowest BCUT2D eigenvalue weighted by Crippen LogP contribution is -2.38. The summed E-state index contributed by atoms with van der Waals surface area (Å²) in [4.78, 5) is 24.0. The second kappa shape index (κ2) is 8.48. The molecule has 0 heterocycles. The van der Waals surface area contributed by atoms with Crippen molar-refractivity contribution in [2.24, 2.45) is 0 Å². The van der Waals surface area contributed by atoms with E-state index in [9.17, 15) is 14.0 Å². The highest BCUT2D eigenvalue weighted by atomic mass is 35.5. The van der Waals surface area contributed by atoms with E-state index in [1.165, 1.54) is 19.2 Å². The molecule has 0 bridgehead atoms. The number of amides is 2. The quantitative estimate of drug-likeness (QED) is 0.827. The van der Waals surface area contributed by atoms with Gasteiger partial charge in [-0.15, -0.1) is 0 Å². The van der Waals surface area contributed by atoms with Crippen LogP contribution >= 0.6 is 11.6 Å². The zero-order valence-corrected chi connectivity index (χ0v) is 14.6. The first-order chi connectivity index (χ1) is 11.9. The lowest BCUT2D eigenvalue weighted by atomic mass is 10.1. The maximum atomic E-state index is 13.7. The van der Waals surface area contributed by atoms with E-state index in [1.54, 1.807) is 37.3 Å². The standard InChI is InChI=1S/C18H18ClFN2O3/c1-11(12-7-8-16(25-2)15(20)9-12)22-17(23)10-21-18(24)13-5-3-4-6-14(13)19/h3-9,11H,10H2,1-2H3,(H,21,24)(H,22,23)/t11-/m0/s1. The normalized spacial score (nSPS) is 11.5.